The quantitative estimate of drug-likeness (QED) is 0.615. The molecule has 0 heterocycles. The third kappa shape index (κ3) is 5.30. The van der Waals surface area contributed by atoms with Crippen LogP contribution in [0.5, 0.6) is 0 Å². The van der Waals surface area contributed by atoms with Crippen LogP contribution in [0.25, 0.3) is 0 Å². The Morgan fingerprint density at radius 3 is 2.69 bits per heavy atom. The van der Waals surface area contributed by atoms with Gasteiger partial charge < -0.3 is 10.5 Å². The van der Waals surface area contributed by atoms with Crippen molar-refractivity contribution in [2.75, 3.05) is 13.6 Å². The number of rotatable bonds is 3. The number of benzene rings is 1. The first kappa shape index (κ1) is 12.0. The first-order chi connectivity index (χ1) is 6.33. The fourth-order valence-corrected chi connectivity index (χ4v) is 0.962. The van der Waals surface area contributed by atoms with Crippen LogP contribution in [0.3, 0.4) is 0 Å². The maximum absolute atomic E-state index is 12.6. The van der Waals surface area contributed by atoms with Gasteiger partial charge in [0.15, 0.2) is 0 Å². The number of likely N-dealkylation sites (N-methyl/N-ethyl adjacent to an activating group) is 1. The fraction of sp³-hybridized carbons (Fsp3) is 0.333. The zero-order chi connectivity index (χ0) is 10.1. The minimum absolute atomic E-state index is 0.154. The van der Waals surface area contributed by atoms with E-state index in [1.807, 2.05) is 13.1 Å². The first-order valence-electron chi connectivity index (χ1n) is 3.98. The molecule has 1 rings (SSSR count). The molecule has 0 bridgehead atoms. The minimum atomic E-state index is -0.154. The number of halogens is 1. The molecule has 0 aliphatic rings. The molecule has 0 fully saturated rings. The van der Waals surface area contributed by atoms with E-state index in [9.17, 15) is 4.39 Å². The highest BCUT2D eigenvalue weighted by atomic mass is 19.1. The number of nitrogens with two attached hydrogens (primary N) is 1. The summed E-state index contributed by atoms with van der Waals surface area (Å²) >= 11 is 0. The van der Waals surface area contributed by atoms with Crippen LogP contribution in [0.2, 0.25) is 0 Å². The highest BCUT2D eigenvalue weighted by Crippen LogP contribution is 2.02. The lowest BCUT2D eigenvalue weighted by molar-refractivity contribution is 0.311. The highest BCUT2D eigenvalue weighted by molar-refractivity contribution is 5.16. The monoisotopic (exact) mass is 186 g/mol. The number of hydrogen-bond donors (Lipinski definition) is 3. The van der Waals surface area contributed by atoms with Crippen molar-refractivity contribution >= 4 is 0 Å². The lowest BCUT2D eigenvalue weighted by Gasteiger charge is -1.99. The molecule has 0 aliphatic carbocycles. The van der Waals surface area contributed by atoms with Crippen LogP contribution in [0.4, 0.5) is 4.39 Å². The zero-order valence-corrected chi connectivity index (χ0v) is 7.63. The average Bonchev–Trinajstić information content (AvgIpc) is 2.18. The Kier molecular flexibility index (Phi) is 7.10. The molecule has 3 nitrogen and oxygen atoms in total. The van der Waals surface area contributed by atoms with E-state index in [1.165, 1.54) is 6.07 Å². The van der Waals surface area contributed by atoms with Gasteiger partial charge in [-0.2, -0.15) is 0 Å². The van der Waals surface area contributed by atoms with Crippen molar-refractivity contribution in [3.63, 3.8) is 0 Å². The van der Waals surface area contributed by atoms with Crippen molar-refractivity contribution in [2.24, 2.45) is 5.90 Å². The van der Waals surface area contributed by atoms with Gasteiger partial charge in [-0.1, -0.05) is 12.1 Å². The van der Waals surface area contributed by atoms with Crippen molar-refractivity contribution in [1.82, 2.24) is 5.32 Å². The van der Waals surface area contributed by atoms with Gasteiger partial charge >= 0.3 is 0 Å². The Bertz CT molecular complexity index is 231. The van der Waals surface area contributed by atoms with Crippen LogP contribution in [0.1, 0.15) is 5.56 Å². The van der Waals surface area contributed by atoms with Gasteiger partial charge in [-0.25, -0.2) is 10.3 Å². The molecule has 0 radical (unpaired) electrons. The molecule has 0 saturated heterocycles. The van der Waals surface area contributed by atoms with Crippen molar-refractivity contribution < 1.29 is 9.60 Å². The van der Waals surface area contributed by atoms with Gasteiger partial charge in [0.05, 0.1) is 0 Å². The molecule has 0 aromatic heterocycles. The lowest BCUT2D eigenvalue weighted by Crippen LogP contribution is -2.10. The third-order valence-electron chi connectivity index (χ3n) is 1.55. The van der Waals surface area contributed by atoms with Crippen LogP contribution in [-0.4, -0.2) is 18.8 Å². The van der Waals surface area contributed by atoms with Crippen molar-refractivity contribution in [3.8, 4) is 0 Å². The van der Waals surface area contributed by atoms with Crippen molar-refractivity contribution in [3.05, 3.63) is 35.6 Å². The topological polar surface area (TPSA) is 58.3 Å². The van der Waals surface area contributed by atoms with Crippen LogP contribution in [0, 0.1) is 5.82 Å². The normalized spacial score (nSPS) is 8.92. The van der Waals surface area contributed by atoms with Crippen molar-refractivity contribution in [1.29, 1.82) is 0 Å². The van der Waals surface area contributed by atoms with E-state index in [0.29, 0.717) is 0 Å². The molecule has 0 atom stereocenters. The molecule has 0 spiro atoms. The summed E-state index contributed by atoms with van der Waals surface area (Å²) in [6, 6.07) is 6.70. The second-order valence-corrected chi connectivity index (χ2v) is 2.48. The summed E-state index contributed by atoms with van der Waals surface area (Å²) in [5, 5.41) is 9.51. The van der Waals surface area contributed by atoms with Crippen molar-refractivity contribution in [2.45, 2.75) is 6.42 Å². The van der Waals surface area contributed by atoms with Gasteiger partial charge in [-0.3, -0.25) is 0 Å². The first-order valence-corrected chi connectivity index (χ1v) is 3.98. The number of nitrogens with one attached hydrogen (secondary N) is 1. The molecule has 1 aromatic carbocycles. The second kappa shape index (κ2) is 7.67. The van der Waals surface area contributed by atoms with Gasteiger partial charge in [0.2, 0.25) is 0 Å². The van der Waals surface area contributed by atoms with E-state index in [2.05, 4.69) is 11.2 Å². The summed E-state index contributed by atoms with van der Waals surface area (Å²) in [6.07, 6.45) is 0.883. The zero-order valence-electron chi connectivity index (χ0n) is 7.63. The van der Waals surface area contributed by atoms with Crippen LogP contribution in [-0.2, 0) is 6.42 Å². The predicted molar refractivity (Wildman–Crippen MR) is 50.0 cm³/mol. The van der Waals surface area contributed by atoms with Gasteiger partial charge in [0.25, 0.3) is 0 Å². The SMILES string of the molecule is CNCCc1cccc(F)c1.NO. The second-order valence-electron chi connectivity index (χ2n) is 2.48. The van der Waals surface area contributed by atoms with Crippen LogP contribution < -0.4 is 11.2 Å². The molecule has 0 unspecified atom stereocenters. The summed E-state index contributed by atoms with van der Waals surface area (Å²) < 4.78 is 12.6. The third-order valence-corrected chi connectivity index (χ3v) is 1.55. The molecular formula is C9H15FN2O. The standard InChI is InChI=1S/C9H12FN.H3NO/c1-11-6-5-8-3-2-4-9(10)7-8;1-2/h2-4,7,11H,5-6H2,1H3;2H,1H2. The predicted octanol–water partition coefficient (Wildman–Crippen LogP) is 0.922. The van der Waals surface area contributed by atoms with Crippen LogP contribution >= 0.6 is 0 Å². The summed E-state index contributed by atoms with van der Waals surface area (Å²) in [5.74, 6) is 3.35. The van der Waals surface area contributed by atoms with E-state index in [0.717, 1.165) is 18.5 Å². The molecule has 1 aromatic rings. The molecule has 13 heavy (non-hydrogen) atoms. The largest absolute Gasteiger partial charge is 0.320 e. The van der Waals surface area contributed by atoms with E-state index >= 15 is 0 Å². The molecule has 0 amide bonds. The van der Waals surface area contributed by atoms with Crippen LogP contribution in [0.15, 0.2) is 24.3 Å². The highest BCUT2D eigenvalue weighted by Gasteiger charge is 1.92. The molecular weight excluding hydrogens is 171 g/mol. The Hall–Kier alpha value is -0.970. The molecule has 4 heteroatoms. The Morgan fingerprint density at radius 1 is 1.46 bits per heavy atom. The smallest absolute Gasteiger partial charge is 0.123 e. The molecule has 0 aliphatic heterocycles. The van der Waals surface area contributed by atoms with Gasteiger partial charge in [0, 0.05) is 0 Å². The maximum atomic E-state index is 12.6. The Labute approximate surface area is 77.3 Å². The number of hydrogen-bond acceptors (Lipinski definition) is 3. The summed E-state index contributed by atoms with van der Waals surface area (Å²) in [5.41, 5.74) is 1.04. The molecule has 74 valence electrons. The molecule has 4 N–H and O–H groups in total. The summed E-state index contributed by atoms with van der Waals surface area (Å²) in [6.45, 7) is 0.892. The Morgan fingerprint density at radius 2 is 2.15 bits per heavy atom. The van der Waals surface area contributed by atoms with Gasteiger partial charge in [-0.15, -0.1) is 0 Å². The van der Waals surface area contributed by atoms with Gasteiger partial charge in [-0.05, 0) is 37.7 Å². The Balaban J connectivity index is 0.000000671. The van der Waals surface area contributed by atoms with E-state index in [1.54, 1.807) is 12.1 Å². The average molecular weight is 186 g/mol. The van der Waals surface area contributed by atoms with E-state index < -0.39 is 0 Å². The fourth-order valence-electron chi connectivity index (χ4n) is 0.962. The summed E-state index contributed by atoms with van der Waals surface area (Å²) in [7, 11) is 1.89. The lowest BCUT2D eigenvalue weighted by atomic mass is 10.1. The van der Waals surface area contributed by atoms with E-state index in [-0.39, 0.29) is 5.82 Å². The minimum Gasteiger partial charge on any atom is -0.320 e. The molecule has 0 saturated carbocycles. The summed E-state index contributed by atoms with van der Waals surface area (Å²) in [4.78, 5) is 0. The maximum Gasteiger partial charge on any atom is 0.123 e. The van der Waals surface area contributed by atoms with E-state index in [4.69, 9.17) is 5.21 Å². The van der Waals surface area contributed by atoms with Gasteiger partial charge in [0.1, 0.15) is 5.82 Å².